The van der Waals surface area contributed by atoms with E-state index >= 15 is 0 Å². The van der Waals surface area contributed by atoms with Gasteiger partial charge in [0.05, 0.1) is 12.3 Å². The molecule has 0 aliphatic rings. The van der Waals surface area contributed by atoms with Crippen molar-refractivity contribution >= 4 is 5.91 Å². The van der Waals surface area contributed by atoms with Crippen molar-refractivity contribution in [2.24, 2.45) is 0 Å². The fourth-order valence-electron chi connectivity index (χ4n) is 2.33. The molecule has 0 atom stereocenters. The van der Waals surface area contributed by atoms with Gasteiger partial charge in [-0.1, -0.05) is 18.2 Å². The van der Waals surface area contributed by atoms with Crippen LogP contribution in [0, 0.1) is 0 Å². The minimum absolute atomic E-state index is 0.0868. The van der Waals surface area contributed by atoms with Gasteiger partial charge in [0, 0.05) is 24.5 Å². The van der Waals surface area contributed by atoms with Crippen molar-refractivity contribution in [1.82, 2.24) is 15.1 Å². The van der Waals surface area contributed by atoms with Gasteiger partial charge in [0.1, 0.15) is 12.4 Å². The predicted molar refractivity (Wildman–Crippen MR) is 93.8 cm³/mol. The fraction of sp³-hybridized carbons (Fsp3) is 0.158. The van der Waals surface area contributed by atoms with Gasteiger partial charge in [-0.05, 0) is 42.0 Å². The molecule has 0 saturated carbocycles. The molecular formula is C19H19N3O3. The van der Waals surface area contributed by atoms with E-state index in [1.807, 2.05) is 36.5 Å². The Morgan fingerprint density at radius 3 is 2.72 bits per heavy atom. The summed E-state index contributed by atoms with van der Waals surface area (Å²) in [5.74, 6) is 0.385. The topological polar surface area (TPSA) is 76.4 Å². The molecule has 0 unspecified atom stereocenters. The Labute approximate surface area is 145 Å². The van der Waals surface area contributed by atoms with Crippen LogP contribution in [0.2, 0.25) is 0 Å². The highest BCUT2D eigenvalue weighted by Crippen LogP contribution is 2.16. The van der Waals surface area contributed by atoms with Crippen LogP contribution in [-0.2, 0) is 6.61 Å². The third-order valence-corrected chi connectivity index (χ3v) is 3.60. The molecule has 1 aromatic heterocycles. The number of aromatic nitrogens is 2. The third kappa shape index (κ3) is 4.45. The van der Waals surface area contributed by atoms with Crippen LogP contribution in [-0.4, -0.2) is 33.9 Å². The number of hydrogen-bond donors (Lipinski definition) is 2. The van der Waals surface area contributed by atoms with Crippen LogP contribution in [0.25, 0.3) is 5.69 Å². The molecule has 1 amide bonds. The summed E-state index contributed by atoms with van der Waals surface area (Å²) in [6.45, 7) is 0.546. The van der Waals surface area contributed by atoms with Gasteiger partial charge in [0.25, 0.3) is 5.91 Å². The zero-order valence-corrected chi connectivity index (χ0v) is 13.6. The summed E-state index contributed by atoms with van der Waals surface area (Å²) in [4.78, 5) is 11.9. The van der Waals surface area contributed by atoms with Crippen molar-refractivity contribution in [3.8, 4) is 11.4 Å². The minimum Gasteiger partial charge on any atom is -0.489 e. The van der Waals surface area contributed by atoms with E-state index < -0.39 is 0 Å². The van der Waals surface area contributed by atoms with Crippen molar-refractivity contribution in [3.05, 3.63) is 78.1 Å². The molecule has 0 aliphatic heterocycles. The summed E-state index contributed by atoms with van der Waals surface area (Å²) in [6.07, 6.45) is 3.62. The molecule has 0 bridgehead atoms. The average Bonchev–Trinajstić information content (AvgIpc) is 3.20. The molecule has 2 N–H and O–H groups in total. The summed E-state index contributed by atoms with van der Waals surface area (Å²) in [5, 5.41) is 15.6. The number of nitrogens with zero attached hydrogens (tertiary/aromatic N) is 2. The van der Waals surface area contributed by atoms with E-state index in [4.69, 9.17) is 9.84 Å². The van der Waals surface area contributed by atoms with Gasteiger partial charge in [-0.15, -0.1) is 0 Å². The van der Waals surface area contributed by atoms with Crippen molar-refractivity contribution in [3.63, 3.8) is 0 Å². The fourth-order valence-corrected chi connectivity index (χ4v) is 2.33. The second-order valence-corrected chi connectivity index (χ2v) is 5.41. The number of ether oxygens (including phenoxy) is 1. The normalized spacial score (nSPS) is 10.4. The highest BCUT2D eigenvalue weighted by molar-refractivity contribution is 5.94. The molecule has 0 radical (unpaired) electrons. The highest BCUT2D eigenvalue weighted by Gasteiger charge is 2.06. The van der Waals surface area contributed by atoms with E-state index in [9.17, 15) is 4.79 Å². The largest absolute Gasteiger partial charge is 0.489 e. The van der Waals surface area contributed by atoms with Gasteiger partial charge >= 0.3 is 0 Å². The van der Waals surface area contributed by atoms with Crippen LogP contribution in [0.3, 0.4) is 0 Å². The van der Waals surface area contributed by atoms with Crippen LogP contribution in [0.5, 0.6) is 5.75 Å². The first-order valence-electron chi connectivity index (χ1n) is 7.97. The van der Waals surface area contributed by atoms with Gasteiger partial charge in [-0.3, -0.25) is 4.79 Å². The molecule has 0 aliphatic carbocycles. The van der Waals surface area contributed by atoms with Crippen LogP contribution in [0.15, 0.2) is 67.0 Å². The lowest BCUT2D eigenvalue weighted by molar-refractivity contribution is 0.0944. The Hall–Kier alpha value is -3.12. The molecule has 3 rings (SSSR count). The van der Waals surface area contributed by atoms with Crippen molar-refractivity contribution in [2.75, 3.05) is 13.2 Å². The second-order valence-electron chi connectivity index (χ2n) is 5.41. The van der Waals surface area contributed by atoms with E-state index in [0.29, 0.717) is 17.9 Å². The standard InChI is InChI=1S/C19H19N3O3/c23-12-10-20-19(24)16-3-1-4-18(13-16)25-14-15-5-7-17(8-6-15)22-11-2-9-21-22/h1-9,11,13,23H,10,12,14H2,(H,20,24). The quantitative estimate of drug-likeness (QED) is 0.693. The number of hydrogen-bond acceptors (Lipinski definition) is 4. The highest BCUT2D eigenvalue weighted by atomic mass is 16.5. The zero-order chi connectivity index (χ0) is 17.5. The molecule has 3 aromatic rings. The number of carbonyl (C=O) groups is 1. The summed E-state index contributed by atoms with van der Waals surface area (Å²) >= 11 is 0. The molecule has 2 aromatic carbocycles. The first-order valence-corrected chi connectivity index (χ1v) is 7.97. The zero-order valence-electron chi connectivity index (χ0n) is 13.6. The van der Waals surface area contributed by atoms with Crippen molar-refractivity contribution < 1.29 is 14.6 Å². The molecule has 6 heteroatoms. The number of nitrogens with one attached hydrogen (secondary N) is 1. The monoisotopic (exact) mass is 337 g/mol. The maximum atomic E-state index is 11.9. The van der Waals surface area contributed by atoms with Gasteiger partial charge in [-0.2, -0.15) is 5.10 Å². The predicted octanol–water partition coefficient (Wildman–Crippen LogP) is 2.17. The smallest absolute Gasteiger partial charge is 0.251 e. The van der Waals surface area contributed by atoms with Crippen LogP contribution >= 0.6 is 0 Å². The second kappa shape index (κ2) is 8.12. The lowest BCUT2D eigenvalue weighted by atomic mass is 10.2. The lowest BCUT2D eigenvalue weighted by Gasteiger charge is -2.09. The number of aliphatic hydroxyl groups is 1. The maximum absolute atomic E-state index is 11.9. The summed E-state index contributed by atoms with van der Waals surface area (Å²) in [7, 11) is 0. The Kier molecular flexibility index (Phi) is 5.43. The average molecular weight is 337 g/mol. The number of amides is 1. The van der Waals surface area contributed by atoms with Crippen LogP contribution in [0.1, 0.15) is 15.9 Å². The molecule has 1 heterocycles. The molecule has 0 fully saturated rings. The number of rotatable bonds is 7. The molecule has 25 heavy (non-hydrogen) atoms. The van der Waals surface area contributed by atoms with E-state index in [1.54, 1.807) is 35.1 Å². The van der Waals surface area contributed by atoms with Gasteiger partial charge in [0.15, 0.2) is 0 Å². The van der Waals surface area contributed by atoms with Gasteiger partial charge in [-0.25, -0.2) is 4.68 Å². The first kappa shape index (κ1) is 16.7. The summed E-state index contributed by atoms with van der Waals surface area (Å²) < 4.78 is 7.56. The Morgan fingerprint density at radius 1 is 1.16 bits per heavy atom. The molecule has 128 valence electrons. The minimum atomic E-state index is -0.233. The third-order valence-electron chi connectivity index (χ3n) is 3.60. The van der Waals surface area contributed by atoms with E-state index in [2.05, 4.69) is 10.4 Å². The number of carbonyl (C=O) groups excluding carboxylic acids is 1. The Balaban J connectivity index is 1.60. The van der Waals surface area contributed by atoms with Crippen molar-refractivity contribution in [1.29, 1.82) is 0 Å². The van der Waals surface area contributed by atoms with Gasteiger partial charge < -0.3 is 15.2 Å². The van der Waals surface area contributed by atoms with Crippen LogP contribution in [0.4, 0.5) is 0 Å². The maximum Gasteiger partial charge on any atom is 0.251 e. The molecular weight excluding hydrogens is 318 g/mol. The van der Waals surface area contributed by atoms with Crippen molar-refractivity contribution in [2.45, 2.75) is 6.61 Å². The lowest BCUT2D eigenvalue weighted by Crippen LogP contribution is -2.26. The van der Waals surface area contributed by atoms with Gasteiger partial charge in [0.2, 0.25) is 0 Å². The van der Waals surface area contributed by atoms with E-state index in [0.717, 1.165) is 11.3 Å². The number of aliphatic hydroxyl groups excluding tert-OH is 1. The SMILES string of the molecule is O=C(NCCO)c1cccc(OCc2ccc(-n3cccn3)cc2)c1. The van der Waals surface area contributed by atoms with Crippen LogP contribution < -0.4 is 10.1 Å². The molecule has 0 saturated heterocycles. The Morgan fingerprint density at radius 2 is 2.00 bits per heavy atom. The van der Waals surface area contributed by atoms with E-state index in [-0.39, 0.29) is 19.1 Å². The van der Waals surface area contributed by atoms with E-state index in [1.165, 1.54) is 0 Å². The molecule has 6 nitrogen and oxygen atoms in total. The molecule has 0 spiro atoms. The summed E-state index contributed by atoms with van der Waals surface area (Å²) in [6, 6.07) is 16.8. The Bertz CT molecular complexity index is 814. The number of benzene rings is 2. The summed E-state index contributed by atoms with van der Waals surface area (Å²) in [5.41, 5.74) is 2.50. The first-order chi connectivity index (χ1) is 12.3.